The van der Waals surface area contributed by atoms with Crippen LogP contribution in [0.1, 0.15) is 15.9 Å². The van der Waals surface area contributed by atoms with E-state index in [4.69, 9.17) is 0 Å². The van der Waals surface area contributed by atoms with Gasteiger partial charge in [0, 0.05) is 5.56 Å². The van der Waals surface area contributed by atoms with Crippen LogP contribution in [-0.4, -0.2) is 18.4 Å². The summed E-state index contributed by atoms with van der Waals surface area (Å²) in [5.74, 6) is -0.191. The van der Waals surface area contributed by atoms with E-state index in [2.05, 4.69) is 11.6 Å². The second-order valence-electron chi connectivity index (χ2n) is 2.66. The predicted octanol–water partition coefficient (Wildman–Crippen LogP) is 1.85. The lowest BCUT2D eigenvalue weighted by Crippen LogP contribution is -2.02. The molecule has 0 spiro atoms. The van der Waals surface area contributed by atoms with E-state index in [1.165, 1.54) is 6.08 Å². The van der Waals surface area contributed by atoms with Crippen LogP contribution in [0.15, 0.2) is 35.8 Å². The van der Waals surface area contributed by atoms with E-state index in [0.29, 0.717) is 5.56 Å². The van der Waals surface area contributed by atoms with Gasteiger partial charge in [-0.1, -0.05) is 36.9 Å². The van der Waals surface area contributed by atoms with Gasteiger partial charge in [0.25, 0.3) is 0 Å². The van der Waals surface area contributed by atoms with E-state index < -0.39 is 0 Å². The zero-order valence-corrected chi connectivity index (χ0v) is 7.56. The molecule has 0 aliphatic carbocycles. The number of ketones is 1. The molecule has 0 amide bonds. The molecule has 0 saturated carbocycles. The standard InChI is InChI=1S/C11H9NO2/c1-2-9-3-5-10(6-4-9)11(14)7-12-8-13/h2-6H,1,7H2. The highest BCUT2D eigenvalue weighted by molar-refractivity contribution is 5.98. The maximum Gasteiger partial charge on any atom is 0.235 e. The molecule has 0 unspecified atom stereocenters. The second kappa shape index (κ2) is 4.90. The van der Waals surface area contributed by atoms with Crippen molar-refractivity contribution in [2.45, 2.75) is 0 Å². The number of nitrogens with zero attached hydrogens (tertiary/aromatic N) is 1. The van der Waals surface area contributed by atoms with Gasteiger partial charge in [-0.2, -0.15) is 4.99 Å². The van der Waals surface area contributed by atoms with Crippen molar-refractivity contribution in [3.63, 3.8) is 0 Å². The molecule has 0 aliphatic rings. The summed E-state index contributed by atoms with van der Waals surface area (Å²) in [7, 11) is 0. The fourth-order valence-electron chi connectivity index (χ4n) is 1.00. The largest absolute Gasteiger partial charge is 0.292 e. The van der Waals surface area contributed by atoms with Gasteiger partial charge < -0.3 is 0 Å². The lowest BCUT2D eigenvalue weighted by molar-refractivity contribution is 0.100. The van der Waals surface area contributed by atoms with E-state index in [9.17, 15) is 9.59 Å². The van der Waals surface area contributed by atoms with Gasteiger partial charge in [-0.05, 0) is 5.56 Å². The number of hydrogen-bond donors (Lipinski definition) is 0. The van der Waals surface area contributed by atoms with Crippen LogP contribution in [0.2, 0.25) is 0 Å². The lowest BCUT2D eigenvalue weighted by atomic mass is 10.1. The molecule has 0 saturated heterocycles. The van der Waals surface area contributed by atoms with Gasteiger partial charge in [0.05, 0.1) is 0 Å². The first-order valence-electron chi connectivity index (χ1n) is 4.07. The molecule has 1 rings (SSSR count). The number of carbonyl (C=O) groups is 1. The highest BCUT2D eigenvalue weighted by atomic mass is 16.1. The Balaban J connectivity index is 2.80. The number of carbonyl (C=O) groups excluding carboxylic acids is 2. The second-order valence-corrected chi connectivity index (χ2v) is 2.66. The molecule has 0 aromatic heterocycles. The Kier molecular flexibility index (Phi) is 3.53. The van der Waals surface area contributed by atoms with Crippen molar-refractivity contribution < 1.29 is 9.59 Å². The first-order valence-corrected chi connectivity index (χ1v) is 4.07. The summed E-state index contributed by atoms with van der Waals surface area (Å²) in [6.07, 6.45) is 3.02. The van der Waals surface area contributed by atoms with Crippen LogP contribution in [-0.2, 0) is 4.79 Å². The normalized spacial score (nSPS) is 8.86. The Morgan fingerprint density at radius 3 is 2.57 bits per heavy atom. The van der Waals surface area contributed by atoms with Crippen LogP contribution >= 0.6 is 0 Å². The molecule has 1 aromatic rings. The monoisotopic (exact) mass is 187 g/mol. The van der Waals surface area contributed by atoms with Crippen molar-refractivity contribution in [2.24, 2.45) is 4.99 Å². The van der Waals surface area contributed by atoms with Gasteiger partial charge in [0.2, 0.25) is 6.08 Å². The molecular formula is C11H9NO2. The lowest BCUT2D eigenvalue weighted by Gasteiger charge is -1.97. The quantitative estimate of drug-likeness (QED) is 0.410. The van der Waals surface area contributed by atoms with E-state index in [0.717, 1.165) is 5.56 Å². The summed E-state index contributed by atoms with van der Waals surface area (Å²) in [6.45, 7) is 3.46. The number of Topliss-reactive ketones (excluding diaryl/α,β-unsaturated/α-hetero) is 1. The minimum absolute atomic E-state index is 0.142. The molecule has 0 atom stereocenters. The predicted molar refractivity (Wildman–Crippen MR) is 53.9 cm³/mol. The highest BCUT2D eigenvalue weighted by Gasteiger charge is 2.03. The molecule has 0 aliphatic heterocycles. The minimum Gasteiger partial charge on any atom is -0.292 e. The van der Waals surface area contributed by atoms with Crippen LogP contribution in [0.3, 0.4) is 0 Å². The molecule has 14 heavy (non-hydrogen) atoms. The molecule has 0 radical (unpaired) electrons. The summed E-state index contributed by atoms with van der Waals surface area (Å²) in [5.41, 5.74) is 1.48. The third-order valence-corrected chi connectivity index (χ3v) is 1.76. The van der Waals surface area contributed by atoms with Crippen LogP contribution in [0, 0.1) is 0 Å². The Labute approximate surface area is 81.8 Å². The first-order chi connectivity index (χ1) is 6.77. The molecule has 1 aromatic carbocycles. The first kappa shape index (κ1) is 10.1. The minimum atomic E-state index is -0.191. The van der Waals surface area contributed by atoms with Gasteiger partial charge in [-0.3, -0.25) is 4.79 Å². The van der Waals surface area contributed by atoms with Crippen LogP contribution in [0.25, 0.3) is 6.08 Å². The van der Waals surface area contributed by atoms with Gasteiger partial charge in [0.15, 0.2) is 5.78 Å². The van der Waals surface area contributed by atoms with Crippen LogP contribution in [0.5, 0.6) is 0 Å². The van der Waals surface area contributed by atoms with Crippen LogP contribution < -0.4 is 0 Å². The van der Waals surface area contributed by atoms with Gasteiger partial charge >= 0.3 is 0 Å². The van der Waals surface area contributed by atoms with Crippen molar-refractivity contribution in [1.29, 1.82) is 0 Å². The molecule has 0 N–H and O–H groups in total. The van der Waals surface area contributed by atoms with Crippen molar-refractivity contribution in [2.75, 3.05) is 6.54 Å². The van der Waals surface area contributed by atoms with Crippen LogP contribution in [0.4, 0.5) is 0 Å². The smallest absolute Gasteiger partial charge is 0.235 e. The van der Waals surface area contributed by atoms with E-state index >= 15 is 0 Å². The molecule has 70 valence electrons. The van der Waals surface area contributed by atoms with Crippen molar-refractivity contribution in [1.82, 2.24) is 0 Å². The van der Waals surface area contributed by atoms with Gasteiger partial charge in [0.1, 0.15) is 6.54 Å². The van der Waals surface area contributed by atoms with E-state index in [-0.39, 0.29) is 12.3 Å². The number of hydrogen-bond acceptors (Lipinski definition) is 3. The average Bonchev–Trinajstić information content (AvgIpc) is 2.26. The summed E-state index contributed by atoms with van der Waals surface area (Å²) in [6, 6.07) is 6.93. The maximum absolute atomic E-state index is 11.3. The summed E-state index contributed by atoms with van der Waals surface area (Å²) in [4.78, 5) is 24.3. The molecule has 0 heterocycles. The molecule has 0 bridgehead atoms. The number of benzene rings is 1. The molecule has 3 heteroatoms. The fraction of sp³-hybridized carbons (Fsp3) is 0.0909. The highest BCUT2D eigenvalue weighted by Crippen LogP contribution is 2.06. The Hall–Kier alpha value is -1.99. The molecular weight excluding hydrogens is 178 g/mol. The Morgan fingerprint density at radius 1 is 1.43 bits per heavy atom. The van der Waals surface area contributed by atoms with Crippen molar-refractivity contribution in [3.05, 3.63) is 42.0 Å². The zero-order valence-electron chi connectivity index (χ0n) is 7.56. The Bertz CT molecular complexity index is 386. The average molecular weight is 187 g/mol. The maximum atomic E-state index is 11.3. The van der Waals surface area contributed by atoms with Gasteiger partial charge in [-0.15, -0.1) is 0 Å². The molecule has 3 nitrogen and oxygen atoms in total. The zero-order chi connectivity index (χ0) is 10.4. The topological polar surface area (TPSA) is 46.5 Å². The van der Waals surface area contributed by atoms with E-state index in [1.54, 1.807) is 30.3 Å². The Morgan fingerprint density at radius 2 is 2.07 bits per heavy atom. The van der Waals surface area contributed by atoms with Crippen molar-refractivity contribution >= 4 is 17.9 Å². The van der Waals surface area contributed by atoms with Gasteiger partial charge in [-0.25, -0.2) is 4.79 Å². The number of isocyanates is 1. The SMILES string of the molecule is C=Cc1ccc(C(=O)CN=C=O)cc1. The third-order valence-electron chi connectivity index (χ3n) is 1.76. The summed E-state index contributed by atoms with van der Waals surface area (Å²) in [5, 5.41) is 0. The summed E-state index contributed by atoms with van der Waals surface area (Å²) < 4.78 is 0. The van der Waals surface area contributed by atoms with Crippen molar-refractivity contribution in [3.8, 4) is 0 Å². The fourth-order valence-corrected chi connectivity index (χ4v) is 1.00. The summed E-state index contributed by atoms with van der Waals surface area (Å²) >= 11 is 0. The third kappa shape index (κ3) is 2.51. The number of rotatable bonds is 4. The van der Waals surface area contributed by atoms with E-state index in [1.807, 2.05) is 0 Å². The number of aliphatic imine (C=N–C) groups is 1. The molecule has 0 fully saturated rings.